The highest BCUT2D eigenvalue weighted by molar-refractivity contribution is 7.15. The van der Waals surface area contributed by atoms with Gasteiger partial charge in [0.15, 0.2) is 0 Å². The minimum absolute atomic E-state index is 0.732. The van der Waals surface area contributed by atoms with E-state index in [0.29, 0.717) is 0 Å². The van der Waals surface area contributed by atoms with E-state index < -0.39 is 0 Å². The number of thiazole rings is 1. The zero-order valence-electron chi connectivity index (χ0n) is 7.73. The fraction of sp³-hybridized carbons (Fsp3) is 0.375. The highest BCUT2D eigenvalue weighted by Gasteiger charge is 2.02. The first-order chi connectivity index (χ1) is 6.88. The van der Waals surface area contributed by atoms with E-state index in [-0.39, 0.29) is 0 Å². The molecule has 4 nitrogen and oxygen atoms in total. The number of hydrogen-bond donors (Lipinski definition) is 1. The van der Waals surface area contributed by atoms with Gasteiger partial charge in [0.1, 0.15) is 10.0 Å². The van der Waals surface area contributed by atoms with Crippen molar-refractivity contribution in [2.24, 2.45) is 0 Å². The molecular weight excluding hydrogens is 216 g/mol. The quantitative estimate of drug-likeness (QED) is 0.868. The van der Waals surface area contributed by atoms with E-state index >= 15 is 0 Å². The molecule has 74 valence electrons. The largest absolute Gasteiger partial charge is 0.354 e. The van der Waals surface area contributed by atoms with Gasteiger partial charge in [-0.3, -0.25) is 0 Å². The fourth-order valence-electron chi connectivity index (χ4n) is 0.959. The summed E-state index contributed by atoms with van der Waals surface area (Å²) in [5.74, 6) is 0. The van der Waals surface area contributed by atoms with Gasteiger partial charge < -0.3 is 5.32 Å². The monoisotopic (exact) mass is 226 g/mol. The minimum Gasteiger partial charge on any atom is -0.354 e. The van der Waals surface area contributed by atoms with Crippen molar-refractivity contribution in [3.8, 4) is 0 Å². The average Bonchev–Trinajstić information content (AvgIpc) is 2.86. The predicted molar refractivity (Wildman–Crippen MR) is 58.7 cm³/mol. The fourth-order valence-corrected chi connectivity index (χ4v) is 2.19. The summed E-state index contributed by atoms with van der Waals surface area (Å²) in [6, 6.07) is 0. The average molecular weight is 226 g/mol. The van der Waals surface area contributed by atoms with Crippen LogP contribution in [0.2, 0.25) is 0 Å². The van der Waals surface area contributed by atoms with Gasteiger partial charge in [-0.25, -0.2) is 4.98 Å². The van der Waals surface area contributed by atoms with Crippen molar-refractivity contribution in [3.05, 3.63) is 21.6 Å². The highest BCUT2D eigenvalue weighted by Crippen LogP contribution is 2.16. The number of aryl methyl sites for hydroxylation is 1. The van der Waals surface area contributed by atoms with Gasteiger partial charge in [0.05, 0.1) is 6.54 Å². The van der Waals surface area contributed by atoms with E-state index in [1.54, 1.807) is 28.9 Å². The topological polar surface area (TPSA) is 50.7 Å². The maximum Gasteiger partial charge on any atom is 0.206 e. The van der Waals surface area contributed by atoms with Crippen LogP contribution in [-0.2, 0) is 13.0 Å². The van der Waals surface area contributed by atoms with Crippen LogP contribution in [0.15, 0.2) is 11.6 Å². The summed E-state index contributed by atoms with van der Waals surface area (Å²) >= 11 is 3.24. The van der Waals surface area contributed by atoms with Gasteiger partial charge in [-0.15, -0.1) is 21.5 Å². The Morgan fingerprint density at radius 2 is 2.29 bits per heavy atom. The number of rotatable bonds is 4. The molecule has 0 saturated heterocycles. The second kappa shape index (κ2) is 4.47. The third-order valence-corrected chi connectivity index (χ3v) is 3.45. The maximum absolute atomic E-state index is 4.17. The number of nitrogens with zero attached hydrogens (tertiary/aromatic N) is 3. The second-order valence-corrected chi connectivity index (χ2v) is 4.68. The molecule has 6 heteroatoms. The Balaban J connectivity index is 1.92. The van der Waals surface area contributed by atoms with Crippen LogP contribution >= 0.6 is 22.7 Å². The molecule has 2 aromatic heterocycles. The Morgan fingerprint density at radius 1 is 1.36 bits per heavy atom. The molecule has 0 aromatic carbocycles. The van der Waals surface area contributed by atoms with Gasteiger partial charge in [0.25, 0.3) is 0 Å². The normalized spacial score (nSPS) is 10.4. The van der Waals surface area contributed by atoms with Crippen molar-refractivity contribution in [2.45, 2.75) is 19.9 Å². The molecule has 0 atom stereocenters. The molecule has 0 aliphatic heterocycles. The standard InChI is InChI=1S/C8H10N4S2/c1-2-6-11-12-8(14-6)10-5-7-9-3-4-13-7/h3-4H,2,5H2,1H3,(H,10,12). The van der Waals surface area contributed by atoms with E-state index in [9.17, 15) is 0 Å². The van der Waals surface area contributed by atoms with Crippen LogP contribution in [0.3, 0.4) is 0 Å². The number of hydrogen-bond acceptors (Lipinski definition) is 6. The summed E-state index contributed by atoms with van der Waals surface area (Å²) in [4.78, 5) is 4.17. The van der Waals surface area contributed by atoms with Crippen molar-refractivity contribution in [1.82, 2.24) is 15.2 Å². The molecule has 0 unspecified atom stereocenters. The van der Waals surface area contributed by atoms with Crippen molar-refractivity contribution >= 4 is 27.8 Å². The van der Waals surface area contributed by atoms with Crippen LogP contribution in [0.5, 0.6) is 0 Å². The lowest BCUT2D eigenvalue weighted by Crippen LogP contribution is -1.97. The molecule has 2 heterocycles. The summed E-state index contributed by atoms with van der Waals surface area (Å²) in [6.07, 6.45) is 2.75. The lowest BCUT2D eigenvalue weighted by Gasteiger charge is -1.96. The Hall–Kier alpha value is -1.01. The second-order valence-electron chi connectivity index (χ2n) is 2.63. The van der Waals surface area contributed by atoms with Crippen LogP contribution in [0.1, 0.15) is 16.9 Å². The van der Waals surface area contributed by atoms with Gasteiger partial charge in [-0.2, -0.15) is 0 Å². The SMILES string of the molecule is CCc1nnc(NCc2nccs2)s1. The first-order valence-electron chi connectivity index (χ1n) is 4.33. The Kier molecular flexibility index (Phi) is 3.05. The van der Waals surface area contributed by atoms with E-state index in [0.717, 1.165) is 28.1 Å². The van der Waals surface area contributed by atoms with Crippen LogP contribution in [0.25, 0.3) is 0 Å². The van der Waals surface area contributed by atoms with Gasteiger partial charge in [-0.05, 0) is 6.42 Å². The van der Waals surface area contributed by atoms with Crippen molar-refractivity contribution in [1.29, 1.82) is 0 Å². The smallest absolute Gasteiger partial charge is 0.206 e. The zero-order valence-corrected chi connectivity index (χ0v) is 9.36. The molecule has 14 heavy (non-hydrogen) atoms. The third kappa shape index (κ3) is 2.27. The minimum atomic E-state index is 0.732. The van der Waals surface area contributed by atoms with Gasteiger partial charge in [0, 0.05) is 11.6 Å². The van der Waals surface area contributed by atoms with Gasteiger partial charge >= 0.3 is 0 Å². The van der Waals surface area contributed by atoms with Crippen molar-refractivity contribution < 1.29 is 0 Å². The molecule has 0 fully saturated rings. The number of anilines is 1. The Morgan fingerprint density at radius 3 is 2.93 bits per heavy atom. The Bertz CT molecular complexity index is 382. The van der Waals surface area contributed by atoms with E-state index in [4.69, 9.17) is 0 Å². The number of nitrogens with one attached hydrogen (secondary N) is 1. The molecule has 0 bridgehead atoms. The third-order valence-electron chi connectivity index (χ3n) is 1.64. The molecule has 0 saturated carbocycles. The van der Waals surface area contributed by atoms with Crippen LogP contribution < -0.4 is 5.32 Å². The molecule has 1 N–H and O–H groups in total. The summed E-state index contributed by atoms with van der Waals surface area (Å²) < 4.78 is 0. The van der Waals surface area contributed by atoms with Crippen LogP contribution in [0, 0.1) is 0 Å². The van der Waals surface area contributed by atoms with E-state index in [2.05, 4.69) is 27.4 Å². The lowest BCUT2D eigenvalue weighted by atomic mass is 10.5. The summed E-state index contributed by atoms with van der Waals surface area (Å²) in [6.45, 7) is 2.81. The van der Waals surface area contributed by atoms with Crippen molar-refractivity contribution in [2.75, 3.05) is 5.32 Å². The van der Waals surface area contributed by atoms with E-state index in [1.807, 2.05) is 5.38 Å². The zero-order chi connectivity index (χ0) is 9.80. The lowest BCUT2D eigenvalue weighted by molar-refractivity contribution is 0.973. The Labute approximate surface area is 90.0 Å². The molecular formula is C8H10N4S2. The molecule has 2 rings (SSSR count). The molecule has 0 radical (unpaired) electrons. The molecule has 2 aromatic rings. The van der Waals surface area contributed by atoms with Gasteiger partial charge in [-0.1, -0.05) is 18.3 Å². The van der Waals surface area contributed by atoms with Crippen LogP contribution in [0.4, 0.5) is 5.13 Å². The molecule has 0 spiro atoms. The first kappa shape index (κ1) is 9.54. The van der Waals surface area contributed by atoms with Gasteiger partial charge in [0.2, 0.25) is 5.13 Å². The molecule has 0 aliphatic carbocycles. The summed E-state index contributed by atoms with van der Waals surface area (Å²) in [7, 11) is 0. The highest BCUT2D eigenvalue weighted by atomic mass is 32.1. The summed E-state index contributed by atoms with van der Waals surface area (Å²) in [5.41, 5.74) is 0. The summed E-state index contributed by atoms with van der Waals surface area (Å²) in [5, 5.41) is 16.2. The first-order valence-corrected chi connectivity index (χ1v) is 6.02. The maximum atomic E-state index is 4.17. The van der Waals surface area contributed by atoms with E-state index in [1.165, 1.54) is 0 Å². The number of aromatic nitrogens is 3. The molecule has 0 amide bonds. The molecule has 0 aliphatic rings. The van der Waals surface area contributed by atoms with Crippen LogP contribution in [-0.4, -0.2) is 15.2 Å². The van der Waals surface area contributed by atoms with Crippen molar-refractivity contribution in [3.63, 3.8) is 0 Å². The predicted octanol–water partition coefficient (Wildman–Crippen LogP) is 2.17.